The number of hydrogen-bond acceptors (Lipinski definition) is 6. The monoisotopic (exact) mass is 330 g/mol. The maximum Gasteiger partial charge on any atom is 0.258 e. The molecule has 7 nitrogen and oxygen atoms in total. The molecule has 0 saturated carbocycles. The molecule has 2 aromatic rings. The van der Waals surface area contributed by atoms with E-state index in [4.69, 9.17) is 9.47 Å². The van der Waals surface area contributed by atoms with Crippen LogP contribution >= 0.6 is 0 Å². The van der Waals surface area contributed by atoms with Crippen molar-refractivity contribution in [3.63, 3.8) is 0 Å². The van der Waals surface area contributed by atoms with Gasteiger partial charge in [-0.2, -0.15) is 0 Å². The number of aromatic nitrogens is 2. The quantitative estimate of drug-likeness (QED) is 0.877. The van der Waals surface area contributed by atoms with E-state index in [0.717, 1.165) is 0 Å². The lowest BCUT2D eigenvalue weighted by Crippen LogP contribution is -2.27. The minimum Gasteiger partial charge on any atom is -0.497 e. The number of rotatable bonds is 5. The highest BCUT2D eigenvalue weighted by Crippen LogP contribution is 2.29. The van der Waals surface area contributed by atoms with Crippen LogP contribution in [0.4, 0.5) is 11.6 Å². The Balaban J connectivity index is 2.15. The van der Waals surface area contributed by atoms with Gasteiger partial charge in [-0.3, -0.25) is 4.79 Å². The van der Waals surface area contributed by atoms with Gasteiger partial charge in [-0.1, -0.05) is 0 Å². The van der Waals surface area contributed by atoms with Crippen LogP contribution in [0.25, 0.3) is 0 Å². The maximum absolute atomic E-state index is 12.4. The van der Waals surface area contributed by atoms with Gasteiger partial charge in [0.2, 0.25) is 5.95 Å². The molecule has 0 aliphatic rings. The molecule has 128 valence electrons. The molecule has 0 radical (unpaired) electrons. The smallest absolute Gasteiger partial charge is 0.258 e. The molecule has 0 aliphatic carbocycles. The van der Waals surface area contributed by atoms with Gasteiger partial charge in [0.25, 0.3) is 5.91 Å². The summed E-state index contributed by atoms with van der Waals surface area (Å²) in [5.41, 5.74) is 0.704. The number of ether oxygens (including phenoxy) is 2. The number of methoxy groups -OCH3 is 2. The number of nitrogens with zero attached hydrogens (tertiary/aromatic N) is 2. The molecule has 1 aromatic heterocycles. The Morgan fingerprint density at radius 3 is 2.29 bits per heavy atom. The summed E-state index contributed by atoms with van der Waals surface area (Å²) in [5.74, 6) is 1.30. The second-order valence-corrected chi connectivity index (χ2v) is 6.19. The summed E-state index contributed by atoms with van der Waals surface area (Å²) in [4.78, 5) is 20.7. The average Bonchev–Trinajstić information content (AvgIpc) is 2.53. The minimum absolute atomic E-state index is 0.155. The van der Waals surface area contributed by atoms with Crippen molar-refractivity contribution < 1.29 is 14.3 Å². The molecule has 0 aliphatic heterocycles. The topological polar surface area (TPSA) is 85.4 Å². The van der Waals surface area contributed by atoms with Gasteiger partial charge < -0.3 is 20.1 Å². The van der Waals surface area contributed by atoms with Crippen LogP contribution in [-0.2, 0) is 0 Å². The molecular weight excluding hydrogens is 308 g/mol. The van der Waals surface area contributed by atoms with Crippen molar-refractivity contribution in [2.24, 2.45) is 0 Å². The van der Waals surface area contributed by atoms with Crippen LogP contribution in [0.3, 0.4) is 0 Å². The summed E-state index contributed by atoms with van der Waals surface area (Å²) in [6, 6.07) is 5.17. The van der Waals surface area contributed by atoms with Gasteiger partial charge in [-0.05, 0) is 32.9 Å². The molecule has 2 N–H and O–H groups in total. The summed E-state index contributed by atoms with van der Waals surface area (Å²) >= 11 is 0. The summed E-state index contributed by atoms with van der Waals surface area (Å²) in [6.07, 6.45) is 2.95. The Bertz CT molecular complexity index is 709. The zero-order valence-electron chi connectivity index (χ0n) is 14.5. The number of carbonyl (C=O) groups is 1. The number of anilines is 2. The molecule has 2 rings (SSSR count). The number of benzene rings is 1. The van der Waals surface area contributed by atoms with Crippen LogP contribution in [0.1, 0.15) is 31.1 Å². The molecule has 7 heteroatoms. The van der Waals surface area contributed by atoms with E-state index in [1.807, 2.05) is 20.8 Å². The number of nitrogens with one attached hydrogen (secondary N) is 2. The summed E-state index contributed by atoms with van der Waals surface area (Å²) in [6.45, 7) is 6.02. The lowest BCUT2D eigenvalue weighted by molar-refractivity contribution is 0.102. The van der Waals surface area contributed by atoms with Crippen molar-refractivity contribution in [1.29, 1.82) is 0 Å². The van der Waals surface area contributed by atoms with Crippen LogP contribution in [0.2, 0.25) is 0 Å². The SMILES string of the molecule is COc1ccc(OC)c(NC(=O)c2cnc(NC(C)(C)C)nc2)c1. The molecule has 1 amide bonds. The van der Waals surface area contributed by atoms with Gasteiger partial charge in [-0.25, -0.2) is 9.97 Å². The summed E-state index contributed by atoms with van der Waals surface area (Å²) in [5, 5.41) is 5.92. The highest BCUT2D eigenvalue weighted by molar-refractivity contribution is 6.04. The van der Waals surface area contributed by atoms with Crippen LogP contribution in [0.5, 0.6) is 11.5 Å². The molecular formula is C17H22N4O3. The van der Waals surface area contributed by atoms with Crippen LogP contribution < -0.4 is 20.1 Å². The van der Waals surface area contributed by atoms with Crippen LogP contribution in [-0.4, -0.2) is 35.6 Å². The fourth-order valence-electron chi connectivity index (χ4n) is 1.95. The first kappa shape index (κ1) is 17.5. The second-order valence-electron chi connectivity index (χ2n) is 6.19. The zero-order chi connectivity index (χ0) is 17.7. The van der Waals surface area contributed by atoms with E-state index in [0.29, 0.717) is 28.7 Å². The number of hydrogen-bond donors (Lipinski definition) is 2. The third kappa shape index (κ3) is 4.58. The van der Waals surface area contributed by atoms with E-state index in [2.05, 4.69) is 20.6 Å². The number of amides is 1. The van der Waals surface area contributed by atoms with Crippen molar-refractivity contribution in [3.8, 4) is 11.5 Å². The zero-order valence-corrected chi connectivity index (χ0v) is 14.5. The van der Waals surface area contributed by atoms with Gasteiger partial charge in [0.05, 0.1) is 25.5 Å². The van der Waals surface area contributed by atoms with Gasteiger partial charge in [0.15, 0.2) is 0 Å². The largest absolute Gasteiger partial charge is 0.497 e. The fourth-order valence-corrected chi connectivity index (χ4v) is 1.95. The van der Waals surface area contributed by atoms with Crippen molar-refractivity contribution in [1.82, 2.24) is 9.97 Å². The first-order valence-corrected chi connectivity index (χ1v) is 7.46. The van der Waals surface area contributed by atoms with Gasteiger partial charge in [0, 0.05) is 24.0 Å². The van der Waals surface area contributed by atoms with E-state index in [1.165, 1.54) is 19.5 Å². The molecule has 0 saturated heterocycles. The Labute approximate surface area is 141 Å². The lowest BCUT2D eigenvalue weighted by Gasteiger charge is -2.20. The maximum atomic E-state index is 12.4. The van der Waals surface area contributed by atoms with Crippen LogP contribution in [0, 0.1) is 0 Å². The minimum atomic E-state index is -0.330. The van der Waals surface area contributed by atoms with E-state index < -0.39 is 0 Å². The molecule has 0 spiro atoms. The molecule has 0 atom stereocenters. The molecule has 24 heavy (non-hydrogen) atoms. The molecule has 0 fully saturated rings. The van der Waals surface area contributed by atoms with Crippen molar-refractivity contribution in [2.75, 3.05) is 24.9 Å². The van der Waals surface area contributed by atoms with Crippen molar-refractivity contribution in [3.05, 3.63) is 36.2 Å². The van der Waals surface area contributed by atoms with Gasteiger partial charge in [0.1, 0.15) is 11.5 Å². The summed E-state index contributed by atoms with van der Waals surface area (Å²) in [7, 11) is 3.09. The molecule has 1 aromatic carbocycles. The van der Waals surface area contributed by atoms with Crippen molar-refractivity contribution >= 4 is 17.5 Å². The second kappa shape index (κ2) is 7.16. The predicted octanol–water partition coefficient (Wildman–Crippen LogP) is 2.96. The average molecular weight is 330 g/mol. The summed E-state index contributed by atoms with van der Waals surface area (Å²) < 4.78 is 10.4. The van der Waals surface area contributed by atoms with Gasteiger partial charge >= 0.3 is 0 Å². The molecule has 0 bridgehead atoms. The lowest BCUT2D eigenvalue weighted by atomic mass is 10.1. The third-order valence-corrected chi connectivity index (χ3v) is 3.06. The van der Waals surface area contributed by atoms with E-state index >= 15 is 0 Å². The van der Waals surface area contributed by atoms with E-state index in [9.17, 15) is 4.79 Å². The Morgan fingerprint density at radius 1 is 1.08 bits per heavy atom. The van der Waals surface area contributed by atoms with E-state index in [-0.39, 0.29) is 11.4 Å². The number of carbonyl (C=O) groups excluding carboxylic acids is 1. The molecule has 1 heterocycles. The standard InChI is InChI=1S/C17H22N4O3/c1-17(2,3)21-16-18-9-11(10-19-16)15(22)20-13-8-12(23-4)6-7-14(13)24-5/h6-10H,1-5H3,(H,20,22)(H,18,19,21). The first-order chi connectivity index (χ1) is 11.3. The van der Waals surface area contributed by atoms with Gasteiger partial charge in [-0.15, -0.1) is 0 Å². The van der Waals surface area contributed by atoms with E-state index in [1.54, 1.807) is 25.3 Å². The highest BCUT2D eigenvalue weighted by Gasteiger charge is 2.14. The Hall–Kier alpha value is -2.83. The first-order valence-electron chi connectivity index (χ1n) is 7.46. The molecule has 0 unspecified atom stereocenters. The van der Waals surface area contributed by atoms with Crippen molar-refractivity contribution in [2.45, 2.75) is 26.3 Å². The Kier molecular flexibility index (Phi) is 5.23. The normalized spacial score (nSPS) is 10.9. The Morgan fingerprint density at radius 2 is 1.75 bits per heavy atom. The van der Waals surface area contributed by atoms with Crippen LogP contribution in [0.15, 0.2) is 30.6 Å². The highest BCUT2D eigenvalue weighted by atomic mass is 16.5. The fraction of sp³-hybridized carbons (Fsp3) is 0.353. The predicted molar refractivity (Wildman–Crippen MR) is 92.9 cm³/mol. The third-order valence-electron chi connectivity index (χ3n) is 3.06.